The number of rotatable bonds is 5. The molecule has 0 aliphatic rings. The van der Waals surface area contributed by atoms with Gasteiger partial charge < -0.3 is 10.4 Å². The third-order valence-electron chi connectivity index (χ3n) is 2.03. The SMILES string of the molecule is CCn1nc(C)c(Cl)c1CNCCO. The van der Waals surface area contributed by atoms with Crippen molar-refractivity contribution in [3.63, 3.8) is 0 Å². The van der Waals surface area contributed by atoms with Crippen LogP contribution < -0.4 is 5.32 Å². The lowest BCUT2D eigenvalue weighted by atomic mass is 10.3. The molecule has 0 aromatic carbocycles. The summed E-state index contributed by atoms with van der Waals surface area (Å²) in [6.45, 7) is 6.08. The van der Waals surface area contributed by atoms with Crippen LogP contribution in [-0.4, -0.2) is 28.0 Å². The number of hydrogen-bond acceptors (Lipinski definition) is 3. The van der Waals surface area contributed by atoms with Crippen LogP contribution in [0.1, 0.15) is 18.3 Å². The van der Waals surface area contributed by atoms with Crippen LogP contribution in [0, 0.1) is 6.92 Å². The smallest absolute Gasteiger partial charge is 0.0860 e. The van der Waals surface area contributed by atoms with E-state index in [4.69, 9.17) is 16.7 Å². The summed E-state index contributed by atoms with van der Waals surface area (Å²) in [5.74, 6) is 0. The van der Waals surface area contributed by atoms with Crippen molar-refractivity contribution in [2.24, 2.45) is 0 Å². The molecule has 1 aromatic heterocycles. The Morgan fingerprint density at radius 3 is 2.86 bits per heavy atom. The van der Waals surface area contributed by atoms with Gasteiger partial charge in [-0.15, -0.1) is 0 Å². The standard InChI is InChI=1S/C9H16ClN3O/c1-3-13-8(6-11-4-5-14)9(10)7(2)12-13/h11,14H,3-6H2,1-2H3. The van der Waals surface area contributed by atoms with Crippen LogP contribution in [0.5, 0.6) is 0 Å². The van der Waals surface area contributed by atoms with Crippen molar-refractivity contribution < 1.29 is 5.11 Å². The highest BCUT2D eigenvalue weighted by molar-refractivity contribution is 6.31. The van der Waals surface area contributed by atoms with Crippen LogP contribution in [0.15, 0.2) is 0 Å². The molecule has 0 amide bonds. The second-order valence-corrected chi connectivity index (χ2v) is 3.44. The molecule has 0 fully saturated rings. The molecule has 0 aliphatic carbocycles. The molecule has 0 unspecified atom stereocenters. The Balaban J connectivity index is 2.72. The van der Waals surface area contributed by atoms with Crippen LogP contribution in [0.3, 0.4) is 0 Å². The largest absolute Gasteiger partial charge is 0.395 e. The average molecular weight is 218 g/mol. The first kappa shape index (κ1) is 11.5. The Bertz CT molecular complexity index is 298. The molecule has 4 nitrogen and oxygen atoms in total. The van der Waals surface area contributed by atoms with E-state index in [1.165, 1.54) is 0 Å². The van der Waals surface area contributed by atoms with Gasteiger partial charge in [-0.05, 0) is 13.8 Å². The van der Waals surface area contributed by atoms with Gasteiger partial charge in [0.2, 0.25) is 0 Å². The zero-order chi connectivity index (χ0) is 10.6. The molecule has 0 atom stereocenters. The molecule has 0 saturated carbocycles. The first-order chi connectivity index (χ1) is 6.70. The van der Waals surface area contributed by atoms with E-state index in [0.29, 0.717) is 13.1 Å². The van der Waals surface area contributed by atoms with Crippen LogP contribution >= 0.6 is 11.6 Å². The predicted molar refractivity (Wildman–Crippen MR) is 56.4 cm³/mol. The third kappa shape index (κ3) is 2.47. The maximum absolute atomic E-state index is 8.63. The summed E-state index contributed by atoms with van der Waals surface area (Å²) in [6, 6.07) is 0. The van der Waals surface area contributed by atoms with Crippen LogP contribution in [0.4, 0.5) is 0 Å². The highest BCUT2D eigenvalue weighted by Gasteiger charge is 2.11. The quantitative estimate of drug-likeness (QED) is 0.722. The summed E-state index contributed by atoms with van der Waals surface area (Å²) < 4.78 is 1.88. The minimum atomic E-state index is 0.136. The van der Waals surface area contributed by atoms with Gasteiger partial charge in [0.15, 0.2) is 0 Å². The molecular formula is C9H16ClN3O. The van der Waals surface area contributed by atoms with Crippen molar-refractivity contribution >= 4 is 11.6 Å². The number of hydrogen-bond donors (Lipinski definition) is 2. The Hall–Kier alpha value is -0.580. The van der Waals surface area contributed by atoms with Gasteiger partial charge in [0.1, 0.15) is 0 Å². The van der Waals surface area contributed by atoms with Crippen LogP contribution in [0.25, 0.3) is 0 Å². The lowest BCUT2D eigenvalue weighted by molar-refractivity contribution is 0.291. The van der Waals surface area contributed by atoms with E-state index >= 15 is 0 Å². The topological polar surface area (TPSA) is 50.1 Å². The highest BCUT2D eigenvalue weighted by atomic mass is 35.5. The Kier molecular flexibility index (Phi) is 4.38. The molecule has 1 aromatic rings. The Morgan fingerprint density at radius 1 is 1.57 bits per heavy atom. The summed E-state index contributed by atoms with van der Waals surface area (Å²) in [5, 5.41) is 16.7. The van der Waals surface area contributed by atoms with Crippen molar-refractivity contribution in [1.82, 2.24) is 15.1 Å². The monoisotopic (exact) mass is 217 g/mol. The summed E-state index contributed by atoms with van der Waals surface area (Å²) in [5.41, 5.74) is 1.84. The lowest BCUT2D eigenvalue weighted by Gasteiger charge is -2.05. The summed E-state index contributed by atoms with van der Waals surface area (Å²) in [7, 11) is 0. The van der Waals surface area contributed by atoms with Crippen molar-refractivity contribution in [1.29, 1.82) is 0 Å². The summed E-state index contributed by atoms with van der Waals surface area (Å²) >= 11 is 6.09. The van der Waals surface area contributed by atoms with E-state index in [9.17, 15) is 0 Å². The highest BCUT2D eigenvalue weighted by Crippen LogP contribution is 2.19. The van der Waals surface area contributed by atoms with Gasteiger partial charge in [0.05, 0.1) is 23.0 Å². The minimum Gasteiger partial charge on any atom is -0.395 e. The maximum atomic E-state index is 8.63. The van der Waals surface area contributed by atoms with Crippen LogP contribution in [0.2, 0.25) is 5.02 Å². The molecule has 0 spiro atoms. The normalized spacial score (nSPS) is 10.9. The van der Waals surface area contributed by atoms with E-state index in [1.54, 1.807) is 0 Å². The summed E-state index contributed by atoms with van der Waals surface area (Å²) in [6.07, 6.45) is 0. The van der Waals surface area contributed by atoms with Gasteiger partial charge >= 0.3 is 0 Å². The summed E-state index contributed by atoms with van der Waals surface area (Å²) in [4.78, 5) is 0. The van der Waals surface area contributed by atoms with Gasteiger partial charge in [-0.25, -0.2) is 0 Å². The molecule has 80 valence electrons. The molecule has 1 heterocycles. The molecule has 0 aliphatic heterocycles. The number of aromatic nitrogens is 2. The molecule has 0 radical (unpaired) electrons. The lowest BCUT2D eigenvalue weighted by Crippen LogP contribution is -2.20. The van der Waals surface area contributed by atoms with Crippen molar-refractivity contribution in [3.8, 4) is 0 Å². The number of nitrogens with zero attached hydrogens (tertiary/aromatic N) is 2. The molecule has 0 saturated heterocycles. The number of halogens is 1. The number of aliphatic hydroxyl groups excluding tert-OH is 1. The molecule has 5 heteroatoms. The van der Waals surface area contributed by atoms with Gasteiger partial charge in [-0.2, -0.15) is 5.10 Å². The second-order valence-electron chi connectivity index (χ2n) is 3.06. The van der Waals surface area contributed by atoms with Crippen molar-refractivity contribution in [3.05, 3.63) is 16.4 Å². The van der Waals surface area contributed by atoms with Gasteiger partial charge in [-0.1, -0.05) is 11.6 Å². The molecule has 2 N–H and O–H groups in total. The maximum Gasteiger partial charge on any atom is 0.0860 e. The second kappa shape index (κ2) is 5.34. The van der Waals surface area contributed by atoms with Crippen molar-refractivity contribution in [2.45, 2.75) is 26.9 Å². The van der Waals surface area contributed by atoms with Gasteiger partial charge in [0.25, 0.3) is 0 Å². The van der Waals surface area contributed by atoms with E-state index < -0.39 is 0 Å². The molecular weight excluding hydrogens is 202 g/mol. The van der Waals surface area contributed by atoms with Crippen LogP contribution in [-0.2, 0) is 13.1 Å². The Morgan fingerprint density at radius 2 is 2.29 bits per heavy atom. The fourth-order valence-corrected chi connectivity index (χ4v) is 1.53. The first-order valence-electron chi connectivity index (χ1n) is 4.74. The molecule has 0 bridgehead atoms. The molecule has 1 rings (SSSR count). The van der Waals surface area contributed by atoms with E-state index in [2.05, 4.69) is 10.4 Å². The number of aliphatic hydroxyl groups is 1. The van der Waals surface area contributed by atoms with Gasteiger partial charge in [-0.3, -0.25) is 4.68 Å². The van der Waals surface area contributed by atoms with E-state index in [0.717, 1.165) is 23.0 Å². The third-order valence-corrected chi connectivity index (χ3v) is 2.53. The van der Waals surface area contributed by atoms with E-state index in [1.807, 2.05) is 18.5 Å². The van der Waals surface area contributed by atoms with Crippen molar-refractivity contribution in [2.75, 3.05) is 13.2 Å². The fourth-order valence-electron chi connectivity index (χ4n) is 1.32. The van der Waals surface area contributed by atoms with E-state index in [-0.39, 0.29) is 6.61 Å². The number of nitrogens with one attached hydrogen (secondary N) is 1. The Labute approximate surface area is 88.9 Å². The average Bonchev–Trinajstić information content (AvgIpc) is 2.45. The fraction of sp³-hybridized carbons (Fsp3) is 0.667. The van der Waals surface area contributed by atoms with Gasteiger partial charge in [0, 0.05) is 19.6 Å². The zero-order valence-electron chi connectivity index (χ0n) is 8.55. The molecule has 14 heavy (non-hydrogen) atoms. The predicted octanol–water partition coefficient (Wildman–Crippen LogP) is 0.947. The minimum absolute atomic E-state index is 0.136. The zero-order valence-corrected chi connectivity index (χ0v) is 9.30. The number of aryl methyl sites for hydroxylation is 2. The first-order valence-corrected chi connectivity index (χ1v) is 5.11.